The Morgan fingerprint density at radius 2 is 2.00 bits per heavy atom. The number of anilines is 1. The van der Waals surface area contributed by atoms with Crippen LogP contribution in [-0.2, 0) is 10.0 Å². The molecule has 0 amide bonds. The quantitative estimate of drug-likeness (QED) is 0.583. The minimum Gasteiger partial charge on any atom is -0.396 e. The molecule has 0 unspecified atom stereocenters. The van der Waals surface area contributed by atoms with Crippen LogP contribution in [0.25, 0.3) is 0 Å². The second kappa shape index (κ2) is 6.83. The molecule has 7 heteroatoms. The van der Waals surface area contributed by atoms with Crippen molar-refractivity contribution in [3.63, 3.8) is 0 Å². The molecule has 0 radical (unpaired) electrons. The molecular weight excluding hydrogens is 271 g/mol. The highest BCUT2D eigenvalue weighted by atomic mass is 32.2. The van der Waals surface area contributed by atoms with Crippen LogP contribution in [-0.4, -0.2) is 38.0 Å². The molecule has 0 atom stereocenters. The molecule has 1 rings (SSSR count). The third kappa shape index (κ3) is 4.15. The minimum atomic E-state index is -3.64. The first-order chi connectivity index (χ1) is 8.89. The second-order valence-electron chi connectivity index (χ2n) is 4.29. The van der Waals surface area contributed by atoms with Crippen molar-refractivity contribution >= 4 is 15.7 Å². The van der Waals surface area contributed by atoms with Crippen molar-refractivity contribution < 1.29 is 17.9 Å². The summed E-state index contributed by atoms with van der Waals surface area (Å²) in [5.74, 6) is -0.635. The average Bonchev–Trinajstić information content (AvgIpc) is 2.37. The lowest BCUT2D eigenvalue weighted by Crippen LogP contribution is -2.28. The number of unbranched alkanes of at least 4 members (excludes halogenated alkanes) is 2. The third-order valence-corrected chi connectivity index (χ3v) is 4.66. The highest BCUT2D eigenvalue weighted by molar-refractivity contribution is 7.89. The van der Waals surface area contributed by atoms with Crippen LogP contribution in [0.5, 0.6) is 0 Å². The second-order valence-corrected chi connectivity index (χ2v) is 6.34. The van der Waals surface area contributed by atoms with Crippen molar-refractivity contribution in [2.45, 2.75) is 24.2 Å². The first-order valence-electron chi connectivity index (χ1n) is 6.02. The molecule has 0 aliphatic rings. The molecule has 0 saturated carbocycles. The zero-order valence-corrected chi connectivity index (χ0v) is 11.7. The predicted octanol–water partition coefficient (Wildman–Crippen LogP) is 1.19. The van der Waals surface area contributed by atoms with Crippen LogP contribution in [0.1, 0.15) is 19.3 Å². The molecule has 108 valence electrons. The molecule has 0 fully saturated rings. The van der Waals surface area contributed by atoms with Gasteiger partial charge >= 0.3 is 0 Å². The molecule has 1 aromatic rings. The maximum absolute atomic E-state index is 13.0. The summed E-state index contributed by atoms with van der Waals surface area (Å²) >= 11 is 0. The highest BCUT2D eigenvalue weighted by Gasteiger charge is 2.21. The number of aliphatic hydroxyl groups is 1. The van der Waals surface area contributed by atoms with Gasteiger partial charge in [0.05, 0.1) is 10.6 Å². The van der Waals surface area contributed by atoms with E-state index in [1.807, 2.05) is 0 Å². The molecule has 0 aliphatic heterocycles. The Bertz CT molecular complexity index is 520. The van der Waals surface area contributed by atoms with Gasteiger partial charge in [-0.2, -0.15) is 0 Å². The standard InChI is InChI=1S/C12H19FN2O3S/c1-15(7-3-2-4-8-16)19(17,18)10-5-6-11(13)12(14)9-10/h5-6,9,16H,2-4,7-8,14H2,1H3. The lowest BCUT2D eigenvalue weighted by atomic mass is 10.2. The van der Waals surface area contributed by atoms with Gasteiger partial charge in [0, 0.05) is 20.2 Å². The van der Waals surface area contributed by atoms with E-state index < -0.39 is 15.8 Å². The van der Waals surface area contributed by atoms with E-state index in [1.54, 1.807) is 0 Å². The lowest BCUT2D eigenvalue weighted by molar-refractivity contribution is 0.281. The fraction of sp³-hybridized carbons (Fsp3) is 0.500. The van der Waals surface area contributed by atoms with Crippen molar-refractivity contribution in [3.8, 4) is 0 Å². The molecule has 0 heterocycles. The van der Waals surface area contributed by atoms with Gasteiger partial charge in [-0.1, -0.05) is 0 Å². The van der Waals surface area contributed by atoms with E-state index in [0.717, 1.165) is 18.6 Å². The number of halogens is 1. The van der Waals surface area contributed by atoms with Crippen molar-refractivity contribution in [3.05, 3.63) is 24.0 Å². The molecule has 3 N–H and O–H groups in total. The molecule has 0 aliphatic carbocycles. The van der Waals surface area contributed by atoms with Gasteiger partial charge in [-0.3, -0.25) is 0 Å². The van der Waals surface area contributed by atoms with Crippen molar-refractivity contribution in [2.24, 2.45) is 0 Å². The number of nitrogens with zero attached hydrogens (tertiary/aromatic N) is 1. The van der Waals surface area contributed by atoms with E-state index in [0.29, 0.717) is 19.4 Å². The molecule has 0 bridgehead atoms. The summed E-state index contributed by atoms with van der Waals surface area (Å²) in [7, 11) is -2.18. The third-order valence-electron chi connectivity index (χ3n) is 2.81. The van der Waals surface area contributed by atoms with Crippen LogP contribution in [0.15, 0.2) is 23.1 Å². The zero-order valence-electron chi connectivity index (χ0n) is 10.8. The zero-order chi connectivity index (χ0) is 14.5. The van der Waals surface area contributed by atoms with Crippen LogP contribution in [0.4, 0.5) is 10.1 Å². The van der Waals surface area contributed by atoms with Crippen molar-refractivity contribution in [1.82, 2.24) is 4.31 Å². The van der Waals surface area contributed by atoms with Crippen LogP contribution in [0, 0.1) is 5.82 Å². The van der Waals surface area contributed by atoms with Gasteiger partial charge < -0.3 is 10.8 Å². The Balaban J connectivity index is 2.76. The van der Waals surface area contributed by atoms with Gasteiger partial charge in [0.25, 0.3) is 0 Å². The Hall–Kier alpha value is -1.18. The smallest absolute Gasteiger partial charge is 0.242 e. The maximum atomic E-state index is 13.0. The van der Waals surface area contributed by atoms with Crippen molar-refractivity contribution in [2.75, 3.05) is 25.9 Å². The predicted molar refractivity (Wildman–Crippen MR) is 71.6 cm³/mol. The van der Waals surface area contributed by atoms with Gasteiger partial charge in [-0.15, -0.1) is 0 Å². The summed E-state index contributed by atoms with van der Waals surface area (Å²) < 4.78 is 38.5. The van der Waals surface area contributed by atoms with Crippen LogP contribution in [0.3, 0.4) is 0 Å². The maximum Gasteiger partial charge on any atom is 0.242 e. The van der Waals surface area contributed by atoms with Gasteiger partial charge in [0.1, 0.15) is 5.82 Å². The summed E-state index contributed by atoms with van der Waals surface area (Å²) in [6, 6.07) is 3.36. The number of rotatable bonds is 7. The largest absolute Gasteiger partial charge is 0.396 e. The summed E-state index contributed by atoms with van der Waals surface area (Å²) in [5, 5.41) is 8.64. The van der Waals surface area contributed by atoms with Gasteiger partial charge in [0.2, 0.25) is 10.0 Å². The first kappa shape index (κ1) is 15.9. The molecular formula is C12H19FN2O3S. The number of nitrogens with two attached hydrogens (primary N) is 1. The molecule has 0 aromatic heterocycles. The van der Waals surface area contributed by atoms with E-state index in [-0.39, 0.29) is 17.2 Å². The van der Waals surface area contributed by atoms with Crippen LogP contribution < -0.4 is 5.73 Å². The summed E-state index contributed by atoms with van der Waals surface area (Å²) in [4.78, 5) is -0.0175. The van der Waals surface area contributed by atoms with E-state index >= 15 is 0 Å². The molecule has 5 nitrogen and oxygen atoms in total. The number of benzene rings is 1. The van der Waals surface area contributed by atoms with Crippen LogP contribution in [0.2, 0.25) is 0 Å². The number of sulfonamides is 1. The number of hydrogen-bond donors (Lipinski definition) is 2. The normalized spacial score (nSPS) is 12.0. The Morgan fingerprint density at radius 3 is 2.58 bits per heavy atom. The summed E-state index contributed by atoms with van der Waals surface area (Å²) in [5.41, 5.74) is 5.19. The molecule has 19 heavy (non-hydrogen) atoms. The van der Waals surface area contributed by atoms with Gasteiger partial charge in [-0.25, -0.2) is 17.1 Å². The Morgan fingerprint density at radius 1 is 1.32 bits per heavy atom. The number of hydrogen-bond acceptors (Lipinski definition) is 4. The highest BCUT2D eigenvalue weighted by Crippen LogP contribution is 2.19. The fourth-order valence-corrected chi connectivity index (χ4v) is 2.85. The van der Waals surface area contributed by atoms with Crippen LogP contribution >= 0.6 is 0 Å². The molecule has 0 saturated heterocycles. The molecule has 0 spiro atoms. The van der Waals surface area contributed by atoms with E-state index in [1.165, 1.54) is 17.4 Å². The Kier molecular flexibility index (Phi) is 5.71. The van der Waals surface area contributed by atoms with E-state index in [9.17, 15) is 12.8 Å². The van der Waals surface area contributed by atoms with Gasteiger partial charge in [-0.05, 0) is 37.5 Å². The average molecular weight is 290 g/mol. The lowest BCUT2D eigenvalue weighted by Gasteiger charge is -2.17. The first-order valence-corrected chi connectivity index (χ1v) is 7.46. The van der Waals surface area contributed by atoms with E-state index in [4.69, 9.17) is 10.8 Å². The summed E-state index contributed by atoms with van der Waals surface area (Å²) in [6.07, 6.45) is 2.06. The SMILES string of the molecule is CN(CCCCCO)S(=O)(=O)c1ccc(F)c(N)c1. The summed E-state index contributed by atoms with van der Waals surface area (Å²) in [6.45, 7) is 0.449. The number of aliphatic hydroxyl groups excluding tert-OH is 1. The van der Waals surface area contributed by atoms with E-state index in [2.05, 4.69) is 0 Å². The minimum absolute atomic E-state index is 0.0175. The monoisotopic (exact) mass is 290 g/mol. The molecule has 1 aromatic carbocycles. The Labute approximate surface area is 112 Å². The van der Waals surface area contributed by atoms with Crippen molar-refractivity contribution in [1.29, 1.82) is 0 Å². The van der Waals surface area contributed by atoms with Gasteiger partial charge in [0.15, 0.2) is 0 Å². The number of nitrogen functional groups attached to an aromatic ring is 1. The fourth-order valence-electron chi connectivity index (χ4n) is 1.61. The topological polar surface area (TPSA) is 83.6 Å².